The molecule has 1 aromatic rings. The van der Waals surface area contributed by atoms with Gasteiger partial charge >= 0.3 is 0 Å². The summed E-state index contributed by atoms with van der Waals surface area (Å²) in [6.07, 6.45) is 3.17. The van der Waals surface area contributed by atoms with Crippen molar-refractivity contribution in [3.8, 4) is 0 Å². The Morgan fingerprint density at radius 2 is 2.05 bits per heavy atom. The molecular weight excluding hydrogens is 298 g/mol. The van der Waals surface area contributed by atoms with Crippen LogP contribution in [0.5, 0.6) is 0 Å². The molecule has 7 heteroatoms. The van der Waals surface area contributed by atoms with E-state index in [1.165, 1.54) is 11.3 Å². The minimum atomic E-state index is -0.476. The SMILES string of the molecule is Cl.NC(=O)c1csc(C(=O)N2C3CCNCC2CC3)c1. The molecule has 3 rings (SSSR count). The van der Waals surface area contributed by atoms with Crippen LogP contribution >= 0.6 is 23.7 Å². The zero-order valence-electron chi connectivity index (χ0n) is 11.0. The van der Waals surface area contributed by atoms with Gasteiger partial charge in [0.25, 0.3) is 5.91 Å². The van der Waals surface area contributed by atoms with Crippen LogP contribution in [0.3, 0.4) is 0 Å². The van der Waals surface area contributed by atoms with Gasteiger partial charge in [-0.05, 0) is 31.9 Å². The van der Waals surface area contributed by atoms with E-state index < -0.39 is 5.91 Å². The second-order valence-corrected chi connectivity index (χ2v) is 6.07. The molecule has 0 radical (unpaired) electrons. The number of nitrogens with zero attached hydrogens (tertiary/aromatic N) is 1. The number of nitrogens with one attached hydrogen (secondary N) is 1. The maximum Gasteiger partial charge on any atom is 0.264 e. The molecule has 2 unspecified atom stereocenters. The lowest BCUT2D eigenvalue weighted by Crippen LogP contribution is -2.42. The van der Waals surface area contributed by atoms with Gasteiger partial charge in [0, 0.05) is 24.0 Å². The van der Waals surface area contributed by atoms with Crippen molar-refractivity contribution >= 4 is 35.6 Å². The number of carbonyl (C=O) groups is 2. The zero-order chi connectivity index (χ0) is 13.4. The number of primary amides is 1. The molecule has 2 aliphatic heterocycles. The molecule has 0 spiro atoms. The Kier molecular flexibility index (Phi) is 4.67. The first-order valence-corrected chi connectivity index (χ1v) is 7.46. The third kappa shape index (κ3) is 2.68. The highest BCUT2D eigenvalue weighted by atomic mass is 35.5. The van der Waals surface area contributed by atoms with Crippen LogP contribution in [-0.4, -0.2) is 41.9 Å². The van der Waals surface area contributed by atoms with E-state index in [1.807, 2.05) is 4.90 Å². The van der Waals surface area contributed by atoms with Gasteiger partial charge in [-0.1, -0.05) is 0 Å². The van der Waals surface area contributed by atoms with Crippen molar-refractivity contribution in [2.24, 2.45) is 5.73 Å². The molecule has 20 heavy (non-hydrogen) atoms. The molecule has 3 N–H and O–H groups in total. The summed E-state index contributed by atoms with van der Waals surface area (Å²) in [4.78, 5) is 26.3. The minimum absolute atomic E-state index is 0. The molecule has 2 fully saturated rings. The summed E-state index contributed by atoms with van der Waals surface area (Å²) in [5.41, 5.74) is 5.66. The second kappa shape index (κ2) is 6.11. The minimum Gasteiger partial charge on any atom is -0.366 e. The summed E-state index contributed by atoms with van der Waals surface area (Å²) in [5, 5.41) is 5.03. The summed E-state index contributed by atoms with van der Waals surface area (Å²) in [7, 11) is 0. The van der Waals surface area contributed by atoms with E-state index in [4.69, 9.17) is 5.73 Å². The Balaban J connectivity index is 0.00000147. The van der Waals surface area contributed by atoms with Crippen LogP contribution < -0.4 is 11.1 Å². The van der Waals surface area contributed by atoms with Gasteiger partial charge in [0.05, 0.1) is 10.4 Å². The third-order valence-electron chi connectivity index (χ3n) is 3.98. The molecule has 0 aliphatic carbocycles. The van der Waals surface area contributed by atoms with Crippen LogP contribution in [-0.2, 0) is 0 Å². The maximum atomic E-state index is 12.6. The zero-order valence-corrected chi connectivity index (χ0v) is 12.6. The fourth-order valence-corrected chi connectivity index (χ4v) is 3.86. The Morgan fingerprint density at radius 1 is 1.30 bits per heavy atom. The highest BCUT2D eigenvalue weighted by Gasteiger charge is 2.38. The smallest absolute Gasteiger partial charge is 0.264 e. The van der Waals surface area contributed by atoms with Gasteiger partial charge in [-0.3, -0.25) is 9.59 Å². The molecule has 0 saturated carbocycles. The van der Waals surface area contributed by atoms with Crippen LogP contribution in [0.4, 0.5) is 0 Å². The van der Waals surface area contributed by atoms with E-state index in [2.05, 4.69) is 5.32 Å². The summed E-state index contributed by atoms with van der Waals surface area (Å²) < 4.78 is 0. The average Bonchev–Trinajstić information content (AvgIpc) is 2.92. The normalized spacial score (nSPS) is 24.9. The van der Waals surface area contributed by atoms with Crippen molar-refractivity contribution in [1.29, 1.82) is 0 Å². The highest BCUT2D eigenvalue weighted by Crippen LogP contribution is 2.30. The molecule has 3 heterocycles. The number of thiophene rings is 1. The van der Waals surface area contributed by atoms with Gasteiger partial charge in [0.1, 0.15) is 0 Å². The van der Waals surface area contributed by atoms with Crippen LogP contribution in [0.15, 0.2) is 11.4 Å². The quantitative estimate of drug-likeness (QED) is 0.862. The number of fused-ring (bicyclic) bond motifs is 2. The Hall–Kier alpha value is -1.11. The predicted octanol–water partition coefficient (Wildman–Crippen LogP) is 1.24. The Morgan fingerprint density at radius 3 is 2.75 bits per heavy atom. The molecule has 2 atom stereocenters. The molecule has 2 aliphatic rings. The summed E-state index contributed by atoms with van der Waals surface area (Å²) in [5.74, 6) is -0.426. The second-order valence-electron chi connectivity index (χ2n) is 5.15. The molecule has 1 aromatic heterocycles. The first kappa shape index (κ1) is 15.3. The van der Waals surface area contributed by atoms with E-state index in [1.54, 1.807) is 11.4 Å². The molecule has 110 valence electrons. The number of amides is 2. The number of halogens is 1. The molecule has 2 amide bonds. The largest absolute Gasteiger partial charge is 0.366 e. The standard InChI is InChI=1S/C13H17N3O2S.ClH/c14-12(17)8-5-11(19-7-8)13(18)16-9-1-2-10(16)6-15-4-3-9;/h5,7,9-10,15H,1-4,6H2,(H2,14,17);1H. The van der Waals surface area contributed by atoms with Crippen molar-refractivity contribution in [1.82, 2.24) is 10.2 Å². The lowest BCUT2D eigenvalue weighted by molar-refractivity contribution is 0.0685. The van der Waals surface area contributed by atoms with Gasteiger partial charge in [0.2, 0.25) is 5.91 Å². The van der Waals surface area contributed by atoms with E-state index in [0.717, 1.165) is 32.4 Å². The van der Waals surface area contributed by atoms with Gasteiger partial charge in [-0.25, -0.2) is 0 Å². The fourth-order valence-electron chi connectivity index (χ4n) is 3.02. The van der Waals surface area contributed by atoms with Crippen molar-refractivity contribution in [2.75, 3.05) is 13.1 Å². The molecule has 0 aromatic carbocycles. The molecule has 2 saturated heterocycles. The molecular formula is C13H18ClN3O2S. The van der Waals surface area contributed by atoms with E-state index in [9.17, 15) is 9.59 Å². The van der Waals surface area contributed by atoms with Crippen molar-refractivity contribution in [3.05, 3.63) is 21.9 Å². The number of carbonyl (C=O) groups excluding carboxylic acids is 2. The van der Waals surface area contributed by atoms with Crippen molar-refractivity contribution in [3.63, 3.8) is 0 Å². The van der Waals surface area contributed by atoms with Crippen LogP contribution in [0.2, 0.25) is 0 Å². The fraction of sp³-hybridized carbons (Fsp3) is 0.538. The topological polar surface area (TPSA) is 75.4 Å². The highest BCUT2D eigenvalue weighted by molar-refractivity contribution is 7.12. The number of nitrogens with two attached hydrogens (primary N) is 1. The first-order chi connectivity index (χ1) is 9.16. The van der Waals surface area contributed by atoms with Crippen LogP contribution in [0, 0.1) is 0 Å². The van der Waals surface area contributed by atoms with E-state index in [-0.39, 0.29) is 18.3 Å². The molecule has 5 nitrogen and oxygen atoms in total. The molecule has 2 bridgehead atoms. The van der Waals surface area contributed by atoms with Gasteiger partial charge < -0.3 is 16.0 Å². The number of hydrogen-bond donors (Lipinski definition) is 2. The number of hydrogen-bond acceptors (Lipinski definition) is 4. The lowest BCUT2D eigenvalue weighted by atomic mass is 10.1. The van der Waals surface area contributed by atoms with Crippen molar-refractivity contribution < 1.29 is 9.59 Å². The van der Waals surface area contributed by atoms with Gasteiger partial charge in [-0.15, -0.1) is 23.7 Å². The van der Waals surface area contributed by atoms with Crippen molar-refractivity contribution in [2.45, 2.75) is 31.3 Å². The predicted molar refractivity (Wildman–Crippen MR) is 80.6 cm³/mol. The summed E-state index contributed by atoms with van der Waals surface area (Å²) in [6, 6.07) is 2.25. The monoisotopic (exact) mass is 315 g/mol. The lowest BCUT2D eigenvalue weighted by Gasteiger charge is -2.27. The van der Waals surface area contributed by atoms with Gasteiger partial charge in [0.15, 0.2) is 0 Å². The third-order valence-corrected chi connectivity index (χ3v) is 4.90. The van der Waals surface area contributed by atoms with E-state index in [0.29, 0.717) is 22.5 Å². The van der Waals surface area contributed by atoms with Gasteiger partial charge in [-0.2, -0.15) is 0 Å². The maximum absolute atomic E-state index is 12.6. The first-order valence-electron chi connectivity index (χ1n) is 6.58. The number of rotatable bonds is 2. The Bertz CT molecular complexity index is 505. The van der Waals surface area contributed by atoms with E-state index >= 15 is 0 Å². The van der Waals surface area contributed by atoms with Crippen LogP contribution in [0.1, 0.15) is 39.3 Å². The average molecular weight is 316 g/mol. The summed E-state index contributed by atoms with van der Waals surface area (Å²) >= 11 is 1.31. The Labute approximate surface area is 127 Å². The summed E-state index contributed by atoms with van der Waals surface area (Å²) in [6.45, 7) is 1.85. The van der Waals surface area contributed by atoms with Crippen LogP contribution in [0.25, 0.3) is 0 Å².